The number of aliphatic hydroxyl groups excluding tert-OH is 1. The van der Waals surface area contributed by atoms with Crippen molar-refractivity contribution >= 4 is 11.9 Å². The van der Waals surface area contributed by atoms with Crippen molar-refractivity contribution in [1.29, 1.82) is 0 Å². The fourth-order valence-corrected chi connectivity index (χ4v) is 9.38. The van der Waals surface area contributed by atoms with Gasteiger partial charge in [-0.2, -0.15) is 0 Å². The van der Waals surface area contributed by atoms with Crippen LogP contribution in [0.15, 0.2) is 48.6 Å². The highest BCUT2D eigenvalue weighted by molar-refractivity contribution is 5.70. The summed E-state index contributed by atoms with van der Waals surface area (Å²) >= 11 is 0. The van der Waals surface area contributed by atoms with Crippen molar-refractivity contribution in [3.8, 4) is 0 Å². The third kappa shape index (κ3) is 58.4. The maximum atomic E-state index is 12.3. The first-order valence-electron chi connectivity index (χ1n) is 31.2. The summed E-state index contributed by atoms with van der Waals surface area (Å²) in [7, 11) is 0. The molecular weight excluding hydrogens is 861 g/mol. The second-order valence-electron chi connectivity index (χ2n) is 21.1. The zero-order chi connectivity index (χ0) is 50.6. The molecule has 0 aromatic rings. The topological polar surface area (TPSA) is 72.8 Å². The molecule has 0 bridgehead atoms. The molecule has 0 fully saturated rings. The molecule has 0 rings (SSSR count). The smallest absolute Gasteiger partial charge is 0.306 e. The Balaban J connectivity index is 3.44. The van der Waals surface area contributed by atoms with Crippen LogP contribution in [0.4, 0.5) is 0 Å². The molecule has 0 radical (unpaired) electrons. The third-order valence-corrected chi connectivity index (χ3v) is 14.1. The molecule has 0 saturated heterocycles. The van der Waals surface area contributed by atoms with Crippen LogP contribution in [-0.2, 0) is 19.1 Å². The summed E-state index contributed by atoms with van der Waals surface area (Å²) in [5.41, 5.74) is 0. The van der Waals surface area contributed by atoms with Gasteiger partial charge in [0.05, 0.1) is 6.61 Å². The first-order chi connectivity index (χ1) is 34.6. The maximum absolute atomic E-state index is 12.3. The van der Waals surface area contributed by atoms with E-state index in [9.17, 15) is 14.7 Å². The van der Waals surface area contributed by atoms with Gasteiger partial charge >= 0.3 is 11.9 Å². The lowest BCUT2D eigenvalue weighted by Crippen LogP contribution is -2.28. The van der Waals surface area contributed by atoms with Crippen molar-refractivity contribution in [3.63, 3.8) is 0 Å². The van der Waals surface area contributed by atoms with E-state index in [1.807, 2.05) is 0 Å². The van der Waals surface area contributed by atoms with Gasteiger partial charge in [0.25, 0.3) is 0 Å². The predicted molar refractivity (Wildman–Crippen MR) is 307 cm³/mol. The summed E-state index contributed by atoms with van der Waals surface area (Å²) in [5.74, 6) is -0.574. The van der Waals surface area contributed by atoms with Gasteiger partial charge in [-0.1, -0.05) is 294 Å². The lowest BCUT2D eigenvalue weighted by molar-refractivity contribution is -0.161. The number of unbranched alkanes of at least 4 members (excludes halogenated alkanes) is 42. The standard InChI is InChI=1S/C65H120O5/c1-3-5-7-9-11-13-15-17-19-21-23-25-27-29-30-31-32-33-34-36-38-40-42-44-46-48-50-52-54-56-58-60-65(68)70-63(61-66)62-69-64(67)59-57-55-53-51-49-47-45-43-41-39-37-35-28-26-24-22-20-18-16-14-12-10-8-6-4-2/h15,17,21-24,27,29,63,66H,3-14,16,18-20,25-26,28,30-62H2,1-2H3/b17-15-,23-21-,24-22-,29-27-. The molecule has 0 aliphatic rings. The average molecular weight is 982 g/mol. The molecule has 0 heterocycles. The second kappa shape index (κ2) is 61.2. The molecule has 1 unspecified atom stereocenters. The molecule has 0 aromatic heterocycles. The van der Waals surface area contributed by atoms with Crippen molar-refractivity contribution in [1.82, 2.24) is 0 Å². The van der Waals surface area contributed by atoms with Gasteiger partial charge in [-0.3, -0.25) is 9.59 Å². The number of allylic oxidation sites excluding steroid dienone is 8. The third-order valence-electron chi connectivity index (χ3n) is 14.1. The van der Waals surface area contributed by atoms with Crippen molar-refractivity contribution in [2.75, 3.05) is 13.2 Å². The van der Waals surface area contributed by atoms with Gasteiger partial charge in [0.2, 0.25) is 0 Å². The van der Waals surface area contributed by atoms with Gasteiger partial charge in [0, 0.05) is 12.8 Å². The number of carbonyl (C=O) groups is 2. The summed E-state index contributed by atoms with van der Waals surface area (Å²) in [6, 6.07) is 0. The Morgan fingerprint density at radius 2 is 0.571 bits per heavy atom. The van der Waals surface area contributed by atoms with E-state index < -0.39 is 6.10 Å². The minimum absolute atomic E-state index is 0.0624. The number of carbonyl (C=O) groups excluding carboxylic acids is 2. The zero-order valence-corrected chi connectivity index (χ0v) is 47.0. The van der Waals surface area contributed by atoms with Crippen LogP contribution in [0.3, 0.4) is 0 Å². The average Bonchev–Trinajstić information content (AvgIpc) is 3.36. The SMILES string of the molecule is CCCCCCC/C=C\C/C=C\C/C=C\CCCCCCCCCCCCCCCCCCC(=O)OC(CO)COC(=O)CCCCCCCCCCCCCCC/C=C\CCCCCCCCCC. The lowest BCUT2D eigenvalue weighted by Gasteiger charge is -2.15. The fourth-order valence-electron chi connectivity index (χ4n) is 9.38. The van der Waals surface area contributed by atoms with Gasteiger partial charge in [0.1, 0.15) is 6.61 Å². The Morgan fingerprint density at radius 1 is 0.329 bits per heavy atom. The minimum atomic E-state index is -0.772. The van der Waals surface area contributed by atoms with Crippen LogP contribution in [0, 0.1) is 0 Å². The Hall–Kier alpha value is -2.14. The number of hydrogen-bond donors (Lipinski definition) is 1. The molecule has 0 saturated carbocycles. The molecule has 0 spiro atoms. The Morgan fingerprint density at radius 3 is 0.871 bits per heavy atom. The number of esters is 2. The van der Waals surface area contributed by atoms with E-state index >= 15 is 0 Å². The van der Waals surface area contributed by atoms with Crippen molar-refractivity contribution in [3.05, 3.63) is 48.6 Å². The molecule has 5 nitrogen and oxygen atoms in total. The largest absolute Gasteiger partial charge is 0.462 e. The molecule has 70 heavy (non-hydrogen) atoms. The van der Waals surface area contributed by atoms with Crippen molar-refractivity contribution in [2.45, 2.75) is 341 Å². The van der Waals surface area contributed by atoms with Gasteiger partial charge in [-0.25, -0.2) is 0 Å². The van der Waals surface area contributed by atoms with Gasteiger partial charge in [-0.05, 0) is 77.0 Å². The van der Waals surface area contributed by atoms with E-state index in [-0.39, 0.29) is 25.2 Å². The van der Waals surface area contributed by atoms with Crippen LogP contribution in [0.2, 0.25) is 0 Å². The molecule has 0 aromatic carbocycles. The van der Waals surface area contributed by atoms with E-state index in [1.54, 1.807) is 0 Å². The van der Waals surface area contributed by atoms with Crippen molar-refractivity contribution < 1.29 is 24.2 Å². The highest BCUT2D eigenvalue weighted by Gasteiger charge is 2.16. The first-order valence-corrected chi connectivity index (χ1v) is 31.2. The summed E-state index contributed by atoms with van der Waals surface area (Å²) in [6.07, 6.45) is 81.1. The van der Waals surface area contributed by atoms with E-state index in [1.165, 1.54) is 257 Å². The second-order valence-corrected chi connectivity index (χ2v) is 21.1. The van der Waals surface area contributed by atoms with E-state index in [0.29, 0.717) is 12.8 Å². The van der Waals surface area contributed by atoms with Crippen LogP contribution in [0.5, 0.6) is 0 Å². The van der Waals surface area contributed by atoms with E-state index in [2.05, 4.69) is 62.5 Å². The Bertz CT molecular complexity index is 1150. The number of aliphatic hydroxyl groups is 1. The van der Waals surface area contributed by atoms with Gasteiger partial charge in [0.15, 0.2) is 6.10 Å². The quantitative estimate of drug-likeness (QED) is 0.0373. The van der Waals surface area contributed by atoms with Crippen LogP contribution < -0.4 is 0 Å². The molecule has 0 aliphatic carbocycles. The van der Waals surface area contributed by atoms with E-state index in [0.717, 1.165) is 51.4 Å². The molecular formula is C65H120O5. The zero-order valence-electron chi connectivity index (χ0n) is 47.0. The maximum Gasteiger partial charge on any atom is 0.306 e. The highest BCUT2D eigenvalue weighted by atomic mass is 16.6. The molecule has 5 heteroatoms. The summed E-state index contributed by atoms with van der Waals surface area (Å²) in [6.45, 7) is 4.17. The minimum Gasteiger partial charge on any atom is -0.462 e. The van der Waals surface area contributed by atoms with Gasteiger partial charge in [-0.15, -0.1) is 0 Å². The summed E-state index contributed by atoms with van der Waals surface area (Å²) < 4.78 is 10.7. The Labute approximate surface area is 437 Å². The van der Waals surface area contributed by atoms with Crippen LogP contribution >= 0.6 is 0 Å². The van der Waals surface area contributed by atoms with E-state index in [4.69, 9.17) is 9.47 Å². The van der Waals surface area contributed by atoms with Gasteiger partial charge < -0.3 is 14.6 Å². The first kappa shape index (κ1) is 67.9. The number of ether oxygens (including phenoxy) is 2. The lowest BCUT2D eigenvalue weighted by atomic mass is 10.0. The van der Waals surface area contributed by atoms with Crippen LogP contribution in [-0.4, -0.2) is 36.4 Å². The molecule has 1 N–H and O–H groups in total. The fraction of sp³-hybridized carbons (Fsp3) is 0.846. The molecule has 0 amide bonds. The molecule has 1 atom stereocenters. The number of rotatable bonds is 58. The molecule has 410 valence electrons. The highest BCUT2D eigenvalue weighted by Crippen LogP contribution is 2.17. The van der Waals surface area contributed by atoms with Crippen molar-refractivity contribution in [2.24, 2.45) is 0 Å². The van der Waals surface area contributed by atoms with Crippen LogP contribution in [0.25, 0.3) is 0 Å². The summed E-state index contributed by atoms with van der Waals surface area (Å²) in [4.78, 5) is 24.6. The summed E-state index contributed by atoms with van der Waals surface area (Å²) in [5, 5.41) is 9.68. The monoisotopic (exact) mass is 981 g/mol. The predicted octanol–water partition coefficient (Wildman–Crippen LogP) is 21.2. The normalized spacial score (nSPS) is 12.4. The number of hydrogen-bond acceptors (Lipinski definition) is 5. The molecule has 0 aliphatic heterocycles. The Kier molecular flexibility index (Phi) is 59.3. The van der Waals surface area contributed by atoms with Crippen LogP contribution in [0.1, 0.15) is 335 Å².